The van der Waals surface area contributed by atoms with Gasteiger partial charge in [0.1, 0.15) is 11.3 Å². The van der Waals surface area contributed by atoms with E-state index in [0.29, 0.717) is 28.9 Å². The third-order valence-corrected chi connectivity index (χ3v) is 3.56. The molecule has 4 heteroatoms. The summed E-state index contributed by atoms with van der Waals surface area (Å²) in [5.41, 5.74) is 1.76. The van der Waals surface area contributed by atoms with Gasteiger partial charge in [0, 0.05) is 17.4 Å². The number of fused-ring (bicyclic) bond motifs is 1. The average Bonchev–Trinajstić information content (AvgIpc) is 2.61. The Morgan fingerprint density at radius 3 is 2.71 bits per heavy atom. The molecule has 0 saturated carbocycles. The molecule has 120 valence electrons. The van der Waals surface area contributed by atoms with Crippen molar-refractivity contribution in [2.75, 3.05) is 0 Å². The van der Waals surface area contributed by atoms with E-state index >= 15 is 0 Å². The Balaban J connectivity index is 1.97. The molecule has 0 aliphatic heterocycles. The van der Waals surface area contributed by atoms with Crippen LogP contribution in [-0.4, -0.2) is 11.0 Å². The van der Waals surface area contributed by atoms with Gasteiger partial charge in [0.05, 0.1) is 5.69 Å². The molecule has 0 fully saturated rings. The van der Waals surface area contributed by atoms with E-state index in [2.05, 4.69) is 4.98 Å². The van der Waals surface area contributed by atoms with E-state index in [9.17, 15) is 9.18 Å². The first-order chi connectivity index (χ1) is 11.7. The second kappa shape index (κ2) is 7.04. The average molecular weight is 321 g/mol. The van der Waals surface area contributed by atoms with E-state index in [0.717, 1.165) is 5.39 Å². The summed E-state index contributed by atoms with van der Waals surface area (Å²) < 4.78 is 19.0. The van der Waals surface area contributed by atoms with E-state index in [1.54, 1.807) is 43.3 Å². The molecule has 0 spiro atoms. The number of carbonyl (C=O) groups is 1. The zero-order valence-corrected chi connectivity index (χ0v) is 13.2. The number of nitrogens with zero attached hydrogens (tertiary/aromatic N) is 1. The molecule has 0 N–H and O–H groups in total. The van der Waals surface area contributed by atoms with Gasteiger partial charge in [0.2, 0.25) is 0 Å². The van der Waals surface area contributed by atoms with Crippen molar-refractivity contribution in [3.63, 3.8) is 0 Å². The van der Waals surface area contributed by atoms with Crippen molar-refractivity contribution in [2.24, 2.45) is 0 Å². The van der Waals surface area contributed by atoms with Gasteiger partial charge in [-0.2, -0.15) is 0 Å². The Labute approximate surface area is 139 Å². The van der Waals surface area contributed by atoms with E-state index in [4.69, 9.17) is 4.74 Å². The molecule has 0 unspecified atom stereocenters. The minimum atomic E-state index is -0.309. The Kier molecular flexibility index (Phi) is 4.66. The minimum absolute atomic E-state index is 0.285. The number of para-hydroxylation sites is 1. The second-order valence-electron chi connectivity index (χ2n) is 5.25. The third kappa shape index (κ3) is 3.49. The summed E-state index contributed by atoms with van der Waals surface area (Å²) >= 11 is 0. The number of halogens is 1. The maximum atomic E-state index is 13.7. The highest BCUT2D eigenvalue weighted by Crippen LogP contribution is 2.25. The molecule has 24 heavy (non-hydrogen) atoms. The number of hydrogen-bond donors (Lipinski definition) is 0. The fourth-order valence-corrected chi connectivity index (χ4v) is 2.29. The van der Waals surface area contributed by atoms with Crippen LogP contribution in [0.5, 0.6) is 5.75 Å². The topological polar surface area (TPSA) is 39.2 Å². The van der Waals surface area contributed by atoms with Crippen LogP contribution in [0.4, 0.5) is 4.39 Å². The van der Waals surface area contributed by atoms with Crippen LogP contribution in [-0.2, 0) is 4.79 Å². The number of pyridine rings is 1. The molecule has 0 atom stereocenters. The first kappa shape index (κ1) is 15.9. The van der Waals surface area contributed by atoms with Crippen LogP contribution < -0.4 is 4.74 Å². The number of hydrogen-bond acceptors (Lipinski definition) is 3. The zero-order chi connectivity index (χ0) is 16.9. The molecule has 3 nitrogen and oxygen atoms in total. The third-order valence-electron chi connectivity index (χ3n) is 3.56. The summed E-state index contributed by atoms with van der Waals surface area (Å²) in [6.07, 6.45) is 3.70. The monoisotopic (exact) mass is 321 g/mol. The largest absolute Gasteiger partial charge is 0.424 e. The number of benzene rings is 2. The van der Waals surface area contributed by atoms with Gasteiger partial charge in [-0.05, 0) is 30.4 Å². The zero-order valence-electron chi connectivity index (χ0n) is 13.2. The first-order valence-electron chi connectivity index (χ1n) is 7.70. The van der Waals surface area contributed by atoms with E-state index in [1.165, 1.54) is 6.07 Å². The fraction of sp³-hybridized carbons (Fsp3) is 0.100. The van der Waals surface area contributed by atoms with E-state index in [-0.39, 0.29) is 11.8 Å². The van der Waals surface area contributed by atoms with Gasteiger partial charge >= 0.3 is 5.97 Å². The summed E-state index contributed by atoms with van der Waals surface area (Å²) in [7, 11) is 0. The highest BCUT2D eigenvalue weighted by Gasteiger charge is 2.08. The predicted octanol–water partition coefficient (Wildman–Crippen LogP) is 4.86. The van der Waals surface area contributed by atoms with Gasteiger partial charge in [0.15, 0.2) is 5.75 Å². The van der Waals surface area contributed by atoms with E-state index in [1.807, 2.05) is 24.3 Å². The maximum Gasteiger partial charge on any atom is 0.310 e. The Morgan fingerprint density at radius 2 is 1.92 bits per heavy atom. The predicted molar refractivity (Wildman–Crippen MR) is 93.0 cm³/mol. The molecule has 1 heterocycles. The number of carbonyl (C=O) groups excluding carboxylic acids is 1. The van der Waals surface area contributed by atoms with Crippen molar-refractivity contribution in [2.45, 2.75) is 13.3 Å². The van der Waals surface area contributed by atoms with Crippen LogP contribution >= 0.6 is 0 Å². The lowest BCUT2D eigenvalue weighted by molar-refractivity contribution is -0.133. The molecule has 0 aliphatic carbocycles. The normalized spacial score (nSPS) is 11.1. The number of aromatic nitrogens is 1. The quantitative estimate of drug-likeness (QED) is 0.509. The second-order valence-corrected chi connectivity index (χ2v) is 5.25. The van der Waals surface area contributed by atoms with Crippen LogP contribution in [0, 0.1) is 5.82 Å². The molecule has 0 aliphatic rings. The number of rotatable bonds is 4. The Bertz CT molecular complexity index is 918. The smallest absolute Gasteiger partial charge is 0.310 e. The molecule has 1 aromatic heterocycles. The van der Waals surface area contributed by atoms with Crippen molar-refractivity contribution in [1.82, 2.24) is 4.98 Å². The van der Waals surface area contributed by atoms with Gasteiger partial charge in [-0.15, -0.1) is 0 Å². The SMILES string of the molecule is CCC(=O)Oc1cccc2ccc(C=Cc3ccccc3F)nc12. The molecule has 0 saturated heterocycles. The van der Waals surface area contributed by atoms with Gasteiger partial charge in [-0.25, -0.2) is 9.37 Å². The molecular formula is C20H16FNO2. The lowest BCUT2D eigenvalue weighted by Crippen LogP contribution is -2.06. The van der Waals surface area contributed by atoms with Crippen LogP contribution in [0.3, 0.4) is 0 Å². The van der Waals surface area contributed by atoms with Crippen LogP contribution in [0.25, 0.3) is 23.1 Å². The summed E-state index contributed by atoms with van der Waals surface area (Å²) in [6, 6.07) is 15.7. The van der Waals surface area contributed by atoms with Crippen molar-refractivity contribution in [3.8, 4) is 5.75 Å². The van der Waals surface area contributed by atoms with Gasteiger partial charge < -0.3 is 4.74 Å². The number of ether oxygens (including phenoxy) is 1. The van der Waals surface area contributed by atoms with Crippen LogP contribution in [0.2, 0.25) is 0 Å². The standard InChI is InChI=1S/C20H16FNO2/c1-2-19(23)24-18-9-5-7-15-11-13-16(22-20(15)18)12-10-14-6-3-4-8-17(14)21/h3-13H,2H2,1H3. The van der Waals surface area contributed by atoms with Gasteiger partial charge in [-0.3, -0.25) is 4.79 Å². The summed E-state index contributed by atoms with van der Waals surface area (Å²) in [5.74, 6) is -0.163. The fourth-order valence-electron chi connectivity index (χ4n) is 2.29. The molecule has 0 bridgehead atoms. The highest BCUT2D eigenvalue weighted by molar-refractivity contribution is 5.88. The summed E-state index contributed by atoms with van der Waals surface area (Å²) in [5, 5.41) is 0.874. The maximum absolute atomic E-state index is 13.7. The lowest BCUT2D eigenvalue weighted by Gasteiger charge is -2.07. The van der Waals surface area contributed by atoms with Crippen LogP contribution in [0.1, 0.15) is 24.6 Å². The minimum Gasteiger partial charge on any atom is -0.424 e. The van der Waals surface area contributed by atoms with E-state index < -0.39 is 0 Å². The Morgan fingerprint density at radius 1 is 1.08 bits per heavy atom. The molecular weight excluding hydrogens is 305 g/mol. The van der Waals surface area contributed by atoms with Crippen molar-refractivity contribution < 1.29 is 13.9 Å². The molecule has 2 aromatic carbocycles. The van der Waals surface area contributed by atoms with Crippen molar-refractivity contribution >= 4 is 29.0 Å². The van der Waals surface area contributed by atoms with Gasteiger partial charge in [0.25, 0.3) is 0 Å². The summed E-state index contributed by atoms with van der Waals surface area (Å²) in [4.78, 5) is 16.1. The molecule has 3 rings (SSSR count). The molecule has 0 radical (unpaired) electrons. The number of esters is 1. The lowest BCUT2D eigenvalue weighted by atomic mass is 10.1. The van der Waals surface area contributed by atoms with Crippen molar-refractivity contribution in [1.29, 1.82) is 0 Å². The van der Waals surface area contributed by atoms with Crippen LogP contribution in [0.15, 0.2) is 54.6 Å². The Hall–Kier alpha value is -3.01. The first-order valence-corrected chi connectivity index (χ1v) is 7.70. The highest BCUT2D eigenvalue weighted by atomic mass is 19.1. The molecule has 0 amide bonds. The van der Waals surface area contributed by atoms with Crippen molar-refractivity contribution in [3.05, 3.63) is 71.7 Å². The molecule has 3 aromatic rings. The van der Waals surface area contributed by atoms with Gasteiger partial charge in [-0.1, -0.05) is 43.3 Å². The summed E-state index contributed by atoms with van der Waals surface area (Å²) in [6.45, 7) is 1.74.